The van der Waals surface area contributed by atoms with Crippen LogP contribution in [0.4, 0.5) is 5.69 Å². The van der Waals surface area contributed by atoms with Crippen LogP contribution in [0.1, 0.15) is 20.8 Å². The predicted octanol–water partition coefficient (Wildman–Crippen LogP) is 2.33. The van der Waals surface area contributed by atoms with Gasteiger partial charge in [-0.2, -0.15) is 0 Å². The van der Waals surface area contributed by atoms with Gasteiger partial charge >= 0.3 is 5.97 Å². The fraction of sp³-hybridized carbons (Fsp3) is 0.0769. The number of amides is 1. The van der Waals surface area contributed by atoms with Crippen molar-refractivity contribution in [2.24, 2.45) is 7.05 Å². The van der Waals surface area contributed by atoms with Crippen LogP contribution in [-0.2, 0) is 7.05 Å². The Bertz CT molecular complexity index is 694. The van der Waals surface area contributed by atoms with Crippen molar-refractivity contribution in [3.63, 3.8) is 0 Å². The van der Waals surface area contributed by atoms with Gasteiger partial charge in [0.15, 0.2) is 0 Å². The number of rotatable bonds is 3. The van der Waals surface area contributed by atoms with Crippen LogP contribution in [0, 0.1) is 0 Å². The maximum atomic E-state index is 12.1. The average Bonchev–Trinajstić information content (AvgIpc) is 2.70. The summed E-state index contributed by atoms with van der Waals surface area (Å²) in [7, 11) is 1.65. The lowest BCUT2D eigenvalue weighted by Crippen LogP contribution is -2.17. The molecule has 0 atom stereocenters. The van der Waals surface area contributed by atoms with E-state index in [1.807, 2.05) is 0 Å². The Morgan fingerprint density at radius 2 is 2.00 bits per heavy atom. The maximum Gasteiger partial charge on any atom is 0.337 e. The molecular weight excluding hydrogens is 284 g/mol. The summed E-state index contributed by atoms with van der Waals surface area (Å²) in [6.07, 6.45) is 1.56. The molecule has 6 nitrogen and oxygen atoms in total. The lowest BCUT2D eigenvalue weighted by Gasteiger charge is -2.09. The van der Waals surface area contributed by atoms with E-state index in [1.54, 1.807) is 13.2 Å². The van der Waals surface area contributed by atoms with Crippen LogP contribution >= 0.6 is 11.6 Å². The third-order valence-corrected chi connectivity index (χ3v) is 2.89. The summed E-state index contributed by atoms with van der Waals surface area (Å²) < 4.78 is 1.53. The van der Waals surface area contributed by atoms with E-state index in [-0.39, 0.29) is 17.0 Å². The van der Waals surface area contributed by atoms with Gasteiger partial charge in [0.05, 0.1) is 16.3 Å². The van der Waals surface area contributed by atoms with Crippen molar-refractivity contribution in [1.82, 2.24) is 4.57 Å². The molecule has 1 aromatic carbocycles. The molecule has 0 saturated carbocycles. The molecule has 0 saturated heterocycles. The van der Waals surface area contributed by atoms with E-state index >= 15 is 0 Å². The van der Waals surface area contributed by atoms with E-state index in [2.05, 4.69) is 5.32 Å². The molecule has 0 unspecified atom stereocenters. The third kappa shape index (κ3) is 2.75. The zero-order chi connectivity index (χ0) is 14.9. The number of carboxylic acid groups (broad SMARTS) is 1. The standard InChI is InChI=1S/C13H11ClN2O4/c1-16-6-7(14)4-11(16)12(18)15-10-3-2-8(17)5-9(10)13(19)20/h2-6,17H,1H3,(H,15,18)(H,19,20). The number of nitrogens with one attached hydrogen (secondary N) is 1. The number of hydrogen-bond donors (Lipinski definition) is 3. The number of phenols is 1. The molecule has 0 aliphatic heterocycles. The smallest absolute Gasteiger partial charge is 0.337 e. The first kappa shape index (κ1) is 14.0. The second-order valence-electron chi connectivity index (χ2n) is 4.14. The summed E-state index contributed by atoms with van der Waals surface area (Å²) in [6.45, 7) is 0. The molecule has 7 heteroatoms. The van der Waals surface area contributed by atoms with Gasteiger partial charge in [-0.1, -0.05) is 11.6 Å². The van der Waals surface area contributed by atoms with Crippen LogP contribution in [0.5, 0.6) is 5.75 Å². The first-order valence-electron chi connectivity index (χ1n) is 5.58. The minimum Gasteiger partial charge on any atom is -0.508 e. The summed E-state index contributed by atoms with van der Waals surface area (Å²) in [6, 6.07) is 5.15. The van der Waals surface area contributed by atoms with Gasteiger partial charge < -0.3 is 20.1 Å². The highest BCUT2D eigenvalue weighted by atomic mass is 35.5. The molecule has 0 spiro atoms. The fourth-order valence-electron chi connectivity index (χ4n) is 1.75. The van der Waals surface area contributed by atoms with Crippen molar-refractivity contribution in [3.8, 4) is 5.75 Å². The average molecular weight is 295 g/mol. The van der Waals surface area contributed by atoms with Crippen LogP contribution in [0.15, 0.2) is 30.5 Å². The summed E-state index contributed by atoms with van der Waals surface area (Å²) in [5.41, 5.74) is 0.190. The Balaban J connectivity index is 2.33. The molecule has 104 valence electrons. The molecule has 0 bridgehead atoms. The molecule has 1 amide bonds. The zero-order valence-electron chi connectivity index (χ0n) is 10.4. The van der Waals surface area contributed by atoms with Crippen LogP contribution in [0.2, 0.25) is 5.02 Å². The number of benzene rings is 1. The number of carbonyl (C=O) groups excluding carboxylic acids is 1. The van der Waals surface area contributed by atoms with Crippen LogP contribution < -0.4 is 5.32 Å². The van der Waals surface area contributed by atoms with E-state index in [0.717, 1.165) is 6.07 Å². The molecule has 0 fully saturated rings. The Morgan fingerprint density at radius 3 is 2.55 bits per heavy atom. The Hall–Kier alpha value is -2.47. The molecule has 2 rings (SSSR count). The van der Waals surface area contributed by atoms with Gasteiger partial charge in [-0.3, -0.25) is 4.79 Å². The van der Waals surface area contributed by atoms with Gasteiger partial charge in [-0.05, 0) is 24.3 Å². The van der Waals surface area contributed by atoms with Crippen molar-refractivity contribution in [2.75, 3.05) is 5.32 Å². The lowest BCUT2D eigenvalue weighted by atomic mass is 10.1. The topological polar surface area (TPSA) is 91.6 Å². The second kappa shape index (κ2) is 5.26. The molecule has 1 heterocycles. The molecule has 0 aliphatic rings. The molecule has 3 N–H and O–H groups in total. The highest BCUT2D eigenvalue weighted by Gasteiger charge is 2.16. The number of carbonyl (C=O) groups is 2. The van der Waals surface area contributed by atoms with Crippen molar-refractivity contribution < 1.29 is 19.8 Å². The van der Waals surface area contributed by atoms with Crippen molar-refractivity contribution in [2.45, 2.75) is 0 Å². The van der Waals surface area contributed by atoms with Gasteiger partial charge in [0.1, 0.15) is 11.4 Å². The number of halogens is 1. The van der Waals surface area contributed by atoms with E-state index in [0.29, 0.717) is 10.7 Å². The van der Waals surface area contributed by atoms with E-state index in [9.17, 15) is 14.7 Å². The number of nitrogens with zero attached hydrogens (tertiary/aromatic N) is 1. The van der Waals surface area contributed by atoms with Gasteiger partial charge in [-0.15, -0.1) is 0 Å². The summed E-state index contributed by atoms with van der Waals surface area (Å²) in [5.74, 6) is -1.93. The highest BCUT2D eigenvalue weighted by molar-refractivity contribution is 6.31. The summed E-state index contributed by atoms with van der Waals surface area (Å²) in [4.78, 5) is 23.1. The van der Waals surface area contributed by atoms with Crippen LogP contribution in [-0.4, -0.2) is 26.7 Å². The Morgan fingerprint density at radius 1 is 1.30 bits per heavy atom. The van der Waals surface area contributed by atoms with Gasteiger partial charge in [-0.25, -0.2) is 4.79 Å². The molecule has 1 aromatic heterocycles. The molecule has 0 radical (unpaired) electrons. The van der Waals surface area contributed by atoms with Crippen molar-refractivity contribution in [1.29, 1.82) is 0 Å². The normalized spacial score (nSPS) is 10.3. The number of hydrogen-bond acceptors (Lipinski definition) is 3. The predicted molar refractivity (Wildman–Crippen MR) is 73.4 cm³/mol. The molecule has 2 aromatic rings. The minimum absolute atomic E-state index is 0.0950. The SMILES string of the molecule is Cn1cc(Cl)cc1C(=O)Nc1ccc(O)cc1C(=O)O. The second-order valence-corrected chi connectivity index (χ2v) is 4.58. The molecule has 0 aliphatic carbocycles. The molecular formula is C13H11ClN2O4. The number of aromatic hydroxyl groups is 1. The lowest BCUT2D eigenvalue weighted by molar-refractivity contribution is 0.0697. The van der Waals surface area contributed by atoms with Crippen molar-refractivity contribution in [3.05, 3.63) is 46.7 Å². The Kier molecular flexibility index (Phi) is 3.67. The minimum atomic E-state index is -1.25. The Labute approximate surface area is 119 Å². The summed E-state index contributed by atoms with van der Waals surface area (Å²) in [5, 5.41) is 21.2. The van der Waals surface area contributed by atoms with Gasteiger partial charge in [0, 0.05) is 13.2 Å². The quantitative estimate of drug-likeness (QED) is 0.758. The van der Waals surface area contributed by atoms with Gasteiger partial charge in [0.25, 0.3) is 5.91 Å². The first-order chi connectivity index (χ1) is 9.38. The monoisotopic (exact) mass is 294 g/mol. The third-order valence-electron chi connectivity index (χ3n) is 2.69. The largest absolute Gasteiger partial charge is 0.508 e. The number of aromatic nitrogens is 1. The van der Waals surface area contributed by atoms with Crippen LogP contribution in [0.25, 0.3) is 0 Å². The number of aromatic carboxylic acids is 1. The number of carboxylic acids is 1. The first-order valence-corrected chi connectivity index (χ1v) is 5.96. The van der Waals surface area contributed by atoms with Gasteiger partial charge in [0.2, 0.25) is 0 Å². The van der Waals surface area contributed by atoms with E-state index < -0.39 is 11.9 Å². The van der Waals surface area contributed by atoms with E-state index in [1.165, 1.54) is 22.8 Å². The maximum absolute atomic E-state index is 12.1. The highest BCUT2D eigenvalue weighted by Crippen LogP contribution is 2.22. The summed E-state index contributed by atoms with van der Waals surface area (Å²) >= 11 is 5.79. The van der Waals surface area contributed by atoms with Crippen LogP contribution in [0.3, 0.4) is 0 Å². The zero-order valence-corrected chi connectivity index (χ0v) is 11.2. The number of anilines is 1. The fourth-order valence-corrected chi connectivity index (χ4v) is 2.00. The van der Waals surface area contributed by atoms with E-state index in [4.69, 9.17) is 16.7 Å². The number of phenolic OH excluding ortho intramolecular Hbond substituents is 1. The molecule has 20 heavy (non-hydrogen) atoms. The number of aryl methyl sites for hydroxylation is 1. The van der Waals surface area contributed by atoms with Crippen molar-refractivity contribution >= 4 is 29.2 Å².